The molecule has 0 radical (unpaired) electrons. The maximum Gasteiger partial charge on any atom is 0.314 e. The summed E-state index contributed by atoms with van der Waals surface area (Å²) in [4.78, 5) is 15.7. The summed E-state index contributed by atoms with van der Waals surface area (Å²) in [6.07, 6.45) is 3.46. The fourth-order valence-electron chi connectivity index (χ4n) is 2.51. The Balaban J connectivity index is 2.02. The number of nitrogens with two attached hydrogens (primary N) is 1. The SMILES string of the molecule is Nc1ccc(-c2cn3c(n2)C(C(=O)O)CCC3)cc1. The maximum absolute atomic E-state index is 11.2. The molecule has 0 saturated carbocycles. The second-order valence-electron chi connectivity index (χ2n) is 4.83. The van der Waals surface area contributed by atoms with E-state index in [4.69, 9.17) is 5.73 Å². The van der Waals surface area contributed by atoms with E-state index in [1.54, 1.807) is 0 Å². The first kappa shape index (κ1) is 11.8. The maximum atomic E-state index is 11.2. The van der Waals surface area contributed by atoms with Gasteiger partial charge in [0.25, 0.3) is 0 Å². The van der Waals surface area contributed by atoms with E-state index in [0.717, 1.165) is 24.2 Å². The largest absolute Gasteiger partial charge is 0.481 e. The summed E-state index contributed by atoms with van der Waals surface area (Å²) >= 11 is 0. The van der Waals surface area contributed by atoms with Gasteiger partial charge < -0.3 is 15.4 Å². The van der Waals surface area contributed by atoms with Crippen LogP contribution in [-0.4, -0.2) is 20.6 Å². The molecule has 0 bridgehead atoms. The van der Waals surface area contributed by atoms with E-state index >= 15 is 0 Å². The number of fused-ring (bicyclic) bond motifs is 1. The zero-order chi connectivity index (χ0) is 13.4. The Hall–Kier alpha value is -2.30. The highest BCUT2D eigenvalue weighted by Crippen LogP contribution is 2.30. The number of carboxylic acid groups (broad SMARTS) is 1. The lowest BCUT2D eigenvalue weighted by Crippen LogP contribution is -2.21. The number of nitrogens with zero attached hydrogens (tertiary/aromatic N) is 2. The second kappa shape index (κ2) is 4.42. The van der Waals surface area contributed by atoms with Crippen molar-refractivity contribution in [3.63, 3.8) is 0 Å². The highest BCUT2D eigenvalue weighted by atomic mass is 16.4. The molecule has 1 aromatic heterocycles. The molecule has 2 heterocycles. The van der Waals surface area contributed by atoms with Crippen LogP contribution in [0.4, 0.5) is 5.69 Å². The molecule has 1 aliphatic rings. The van der Waals surface area contributed by atoms with Crippen molar-refractivity contribution >= 4 is 11.7 Å². The highest BCUT2D eigenvalue weighted by Gasteiger charge is 2.28. The van der Waals surface area contributed by atoms with Crippen LogP contribution in [-0.2, 0) is 11.3 Å². The van der Waals surface area contributed by atoms with E-state index in [2.05, 4.69) is 4.98 Å². The fraction of sp³-hybridized carbons (Fsp3) is 0.286. The third-order valence-corrected chi connectivity index (χ3v) is 3.52. The number of benzene rings is 1. The van der Waals surface area contributed by atoms with Gasteiger partial charge in [-0.2, -0.15) is 0 Å². The van der Waals surface area contributed by atoms with Gasteiger partial charge >= 0.3 is 5.97 Å². The molecule has 3 N–H and O–H groups in total. The van der Waals surface area contributed by atoms with Gasteiger partial charge in [0.1, 0.15) is 11.7 Å². The number of aromatic nitrogens is 2. The molecule has 1 atom stereocenters. The van der Waals surface area contributed by atoms with Crippen LogP contribution in [0.25, 0.3) is 11.3 Å². The van der Waals surface area contributed by atoms with Gasteiger partial charge in [-0.05, 0) is 25.0 Å². The van der Waals surface area contributed by atoms with E-state index in [0.29, 0.717) is 17.9 Å². The Labute approximate surface area is 110 Å². The number of rotatable bonds is 2. The highest BCUT2D eigenvalue weighted by molar-refractivity contribution is 5.75. The molecule has 5 heteroatoms. The molecule has 19 heavy (non-hydrogen) atoms. The molecular weight excluding hydrogens is 242 g/mol. The van der Waals surface area contributed by atoms with Crippen LogP contribution in [0.15, 0.2) is 30.5 Å². The van der Waals surface area contributed by atoms with E-state index in [-0.39, 0.29) is 0 Å². The minimum atomic E-state index is -0.796. The quantitative estimate of drug-likeness (QED) is 0.807. The topological polar surface area (TPSA) is 81.1 Å². The molecule has 0 saturated heterocycles. The summed E-state index contributed by atoms with van der Waals surface area (Å²) in [5, 5.41) is 9.23. The van der Waals surface area contributed by atoms with Crippen LogP contribution in [0.1, 0.15) is 24.6 Å². The van der Waals surface area contributed by atoms with Gasteiger partial charge in [-0.25, -0.2) is 4.98 Å². The third-order valence-electron chi connectivity index (χ3n) is 3.52. The van der Waals surface area contributed by atoms with Crippen molar-refractivity contribution in [3.05, 3.63) is 36.3 Å². The van der Waals surface area contributed by atoms with E-state index in [1.807, 2.05) is 35.0 Å². The van der Waals surface area contributed by atoms with Gasteiger partial charge in [0.2, 0.25) is 0 Å². The summed E-state index contributed by atoms with van der Waals surface area (Å²) in [5.41, 5.74) is 8.13. The standard InChI is InChI=1S/C14H15N3O2/c15-10-5-3-9(4-6-10)12-8-17-7-1-2-11(14(18)19)13(17)16-12/h3-6,8,11H,1-2,7,15H2,(H,18,19). The van der Waals surface area contributed by atoms with E-state index < -0.39 is 11.9 Å². The van der Waals surface area contributed by atoms with E-state index in [9.17, 15) is 9.90 Å². The average Bonchev–Trinajstić information content (AvgIpc) is 2.82. The minimum Gasteiger partial charge on any atom is -0.481 e. The van der Waals surface area contributed by atoms with Crippen LogP contribution >= 0.6 is 0 Å². The Morgan fingerprint density at radius 3 is 2.79 bits per heavy atom. The molecule has 0 spiro atoms. The molecular formula is C14H15N3O2. The molecule has 1 aromatic carbocycles. The summed E-state index contributed by atoms with van der Waals surface area (Å²) in [5.74, 6) is -0.628. The van der Waals surface area contributed by atoms with Crippen LogP contribution in [0.2, 0.25) is 0 Å². The van der Waals surface area contributed by atoms with Gasteiger partial charge in [0, 0.05) is 24.0 Å². The number of aryl methyl sites for hydroxylation is 1. The predicted octanol–water partition coefficient (Wildman–Crippen LogP) is 2.09. The number of carbonyl (C=O) groups is 1. The molecule has 3 rings (SSSR count). The van der Waals surface area contributed by atoms with Crippen LogP contribution < -0.4 is 5.73 Å². The lowest BCUT2D eigenvalue weighted by molar-refractivity contribution is -0.139. The van der Waals surface area contributed by atoms with Crippen molar-refractivity contribution in [2.45, 2.75) is 25.3 Å². The lowest BCUT2D eigenvalue weighted by atomic mass is 9.99. The molecule has 98 valence electrons. The number of nitrogen functional groups attached to an aromatic ring is 1. The predicted molar refractivity (Wildman–Crippen MR) is 71.7 cm³/mol. The molecule has 0 aliphatic carbocycles. The van der Waals surface area contributed by atoms with E-state index in [1.165, 1.54) is 0 Å². The zero-order valence-corrected chi connectivity index (χ0v) is 10.4. The number of hydrogen-bond donors (Lipinski definition) is 2. The first-order valence-electron chi connectivity index (χ1n) is 6.31. The average molecular weight is 257 g/mol. The number of hydrogen-bond acceptors (Lipinski definition) is 3. The number of imidazole rings is 1. The molecule has 0 fully saturated rings. The van der Waals surface area contributed by atoms with Gasteiger partial charge in [-0.1, -0.05) is 12.1 Å². The van der Waals surface area contributed by atoms with Crippen molar-refractivity contribution < 1.29 is 9.90 Å². The van der Waals surface area contributed by atoms with Gasteiger partial charge in [-0.15, -0.1) is 0 Å². The monoisotopic (exact) mass is 257 g/mol. The Morgan fingerprint density at radius 1 is 1.37 bits per heavy atom. The fourth-order valence-corrected chi connectivity index (χ4v) is 2.51. The number of carboxylic acids is 1. The van der Waals surface area contributed by atoms with Gasteiger partial charge in [0.15, 0.2) is 0 Å². The lowest BCUT2D eigenvalue weighted by Gasteiger charge is -2.19. The zero-order valence-electron chi connectivity index (χ0n) is 10.4. The summed E-state index contributed by atoms with van der Waals surface area (Å²) < 4.78 is 1.95. The molecule has 5 nitrogen and oxygen atoms in total. The van der Waals surface area contributed by atoms with Crippen molar-refractivity contribution in [3.8, 4) is 11.3 Å². The van der Waals surface area contributed by atoms with Crippen LogP contribution in [0, 0.1) is 0 Å². The third kappa shape index (κ3) is 2.07. The van der Waals surface area contributed by atoms with Gasteiger partial charge in [-0.3, -0.25) is 4.79 Å². The van der Waals surface area contributed by atoms with Crippen LogP contribution in [0.5, 0.6) is 0 Å². The van der Waals surface area contributed by atoms with Gasteiger partial charge in [0.05, 0.1) is 5.69 Å². The molecule has 1 aliphatic heterocycles. The molecule has 1 unspecified atom stereocenters. The Morgan fingerprint density at radius 2 is 2.11 bits per heavy atom. The normalized spacial score (nSPS) is 18.0. The number of anilines is 1. The number of aliphatic carboxylic acids is 1. The second-order valence-corrected chi connectivity index (χ2v) is 4.83. The molecule has 0 amide bonds. The Bertz CT molecular complexity index is 616. The minimum absolute atomic E-state index is 0.490. The van der Waals surface area contributed by atoms with Crippen molar-refractivity contribution in [2.75, 3.05) is 5.73 Å². The summed E-state index contributed by atoms with van der Waals surface area (Å²) in [7, 11) is 0. The summed E-state index contributed by atoms with van der Waals surface area (Å²) in [6.45, 7) is 0.834. The van der Waals surface area contributed by atoms with Crippen LogP contribution in [0.3, 0.4) is 0 Å². The van der Waals surface area contributed by atoms with Crippen molar-refractivity contribution in [2.24, 2.45) is 0 Å². The summed E-state index contributed by atoms with van der Waals surface area (Å²) in [6, 6.07) is 7.45. The Kier molecular flexibility index (Phi) is 2.74. The van der Waals surface area contributed by atoms with Crippen molar-refractivity contribution in [1.82, 2.24) is 9.55 Å². The first-order chi connectivity index (χ1) is 9.15. The smallest absolute Gasteiger partial charge is 0.314 e. The molecule has 2 aromatic rings. The first-order valence-corrected chi connectivity index (χ1v) is 6.31. The van der Waals surface area contributed by atoms with Crippen molar-refractivity contribution in [1.29, 1.82) is 0 Å².